The van der Waals surface area contributed by atoms with Crippen molar-refractivity contribution in [1.82, 2.24) is 0 Å². The Balaban J connectivity index is 1.38. The van der Waals surface area contributed by atoms with Gasteiger partial charge < -0.3 is 5.32 Å². The molecule has 2 nitrogen and oxygen atoms in total. The van der Waals surface area contributed by atoms with Crippen LogP contribution in [0.1, 0.15) is 25.7 Å². The summed E-state index contributed by atoms with van der Waals surface area (Å²) in [6.45, 7) is 0. The molecule has 3 fully saturated rings. The van der Waals surface area contributed by atoms with Gasteiger partial charge in [0.05, 0.1) is 0 Å². The molecule has 0 aromatic heterocycles. The molecule has 0 heterocycles. The lowest BCUT2D eigenvalue weighted by molar-refractivity contribution is -0.117. The number of carbonyl (C=O) groups is 1. The van der Waals surface area contributed by atoms with Crippen LogP contribution in [0.15, 0.2) is 28.7 Å². The van der Waals surface area contributed by atoms with Crippen LogP contribution in [0.3, 0.4) is 0 Å². The first-order valence-corrected chi connectivity index (χ1v) is 9.47. The lowest BCUT2D eigenvalue weighted by atomic mass is 10.0. The average Bonchev–Trinajstić information content (AvgIpc) is 3.23. The molecule has 5 atom stereocenters. The van der Waals surface area contributed by atoms with Crippen molar-refractivity contribution < 1.29 is 4.79 Å². The van der Waals surface area contributed by atoms with Gasteiger partial charge in [-0.05, 0) is 67.6 Å². The summed E-state index contributed by atoms with van der Waals surface area (Å²) >= 11 is 16.1. The standard InChI is InChI=1S/C17H18BrCl2NO/c18-9-2-1-3-10(8-9)21-16(22)15-11-4-6-13-14(17(13,19)20)7-5-12(11)15/h1-3,8,11-15H,4-7H2,(H,21,22)/t11-,12-,13-,14+,15?/m0/s1. The van der Waals surface area contributed by atoms with Crippen LogP contribution in [0.25, 0.3) is 0 Å². The summed E-state index contributed by atoms with van der Waals surface area (Å²) in [7, 11) is 0. The zero-order valence-corrected chi connectivity index (χ0v) is 15.2. The van der Waals surface area contributed by atoms with Gasteiger partial charge >= 0.3 is 0 Å². The quantitative estimate of drug-likeness (QED) is 0.673. The summed E-state index contributed by atoms with van der Waals surface area (Å²) in [4.78, 5) is 12.5. The van der Waals surface area contributed by atoms with Crippen LogP contribution in [0, 0.1) is 29.6 Å². The Hall–Kier alpha value is -0.250. The second kappa shape index (κ2) is 5.39. The van der Waals surface area contributed by atoms with E-state index in [0.717, 1.165) is 35.8 Å². The minimum Gasteiger partial charge on any atom is -0.326 e. The number of rotatable bonds is 2. The van der Waals surface area contributed by atoms with E-state index in [1.165, 1.54) is 0 Å². The fraction of sp³-hybridized carbons (Fsp3) is 0.588. The summed E-state index contributed by atoms with van der Waals surface area (Å²) in [6, 6.07) is 7.76. The van der Waals surface area contributed by atoms with Gasteiger partial charge in [0.15, 0.2) is 0 Å². The van der Waals surface area contributed by atoms with Gasteiger partial charge in [0.25, 0.3) is 0 Å². The van der Waals surface area contributed by atoms with E-state index in [4.69, 9.17) is 23.2 Å². The van der Waals surface area contributed by atoms with Crippen molar-refractivity contribution in [3.63, 3.8) is 0 Å². The third kappa shape index (κ3) is 2.59. The normalized spacial score (nSPS) is 38.0. The number of fused-ring (bicyclic) bond motifs is 2. The fourth-order valence-corrected chi connectivity index (χ4v) is 5.72. The van der Waals surface area contributed by atoms with Crippen molar-refractivity contribution in [2.45, 2.75) is 30.0 Å². The van der Waals surface area contributed by atoms with Crippen LogP contribution < -0.4 is 5.32 Å². The Morgan fingerprint density at radius 1 is 1.14 bits per heavy atom. The van der Waals surface area contributed by atoms with Crippen molar-refractivity contribution in [2.75, 3.05) is 5.32 Å². The predicted octanol–water partition coefficient (Wildman–Crippen LogP) is 5.24. The largest absolute Gasteiger partial charge is 0.326 e. The molecule has 0 spiro atoms. The van der Waals surface area contributed by atoms with Gasteiger partial charge in [-0.15, -0.1) is 23.2 Å². The van der Waals surface area contributed by atoms with Gasteiger partial charge in [0, 0.05) is 16.1 Å². The molecule has 118 valence electrons. The minimum absolute atomic E-state index is 0.173. The molecule has 0 radical (unpaired) electrons. The molecular weight excluding hydrogens is 385 g/mol. The summed E-state index contributed by atoms with van der Waals surface area (Å²) < 4.78 is 0.498. The second-order valence-corrected chi connectivity index (χ2v) is 9.26. The minimum atomic E-state index is -0.481. The van der Waals surface area contributed by atoms with Crippen LogP contribution >= 0.6 is 39.1 Å². The summed E-state index contributed by atoms with van der Waals surface area (Å²) in [6.07, 6.45) is 4.31. The molecule has 1 N–H and O–H groups in total. The van der Waals surface area contributed by atoms with Crippen LogP contribution in [-0.2, 0) is 4.79 Å². The van der Waals surface area contributed by atoms with E-state index in [2.05, 4.69) is 21.2 Å². The van der Waals surface area contributed by atoms with Crippen molar-refractivity contribution in [2.24, 2.45) is 29.6 Å². The molecule has 0 saturated heterocycles. The first-order chi connectivity index (χ1) is 10.5. The van der Waals surface area contributed by atoms with Gasteiger partial charge in [0.1, 0.15) is 4.33 Å². The van der Waals surface area contributed by atoms with Gasteiger partial charge in [-0.2, -0.15) is 0 Å². The van der Waals surface area contributed by atoms with Gasteiger partial charge in [-0.3, -0.25) is 4.79 Å². The molecule has 1 unspecified atom stereocenters. The van der Waals surface area contributed by atoms with Crippen molar-refractivity contribution in [1.29, 1.82) is 0 Å². The van der Waals surface area contributed by atoms with E-state index in [-0.39, 0.29) is 11.8 Å². The van der Waals surface area contributed by atoms with Gasteiger partial charge in [-0.1, -0.05) is 22.0 Å². The van der Waals surface area contributed by atoms with Crippen molar-refractivity contribution >= 4 is 50.7 Å². The second-order valence-electron chi connectivity index (χ2n) is 6.90. The number of anilines is 1. The third-order valence-electron chi connectivity index (χ3n) is 5.71. The SMILES string of the molecule is O=C(Nc1cccc(Br)c1)C1[C@H]2CC[C@@H]3[C@H](CC[C@H]12)C3(Cl)Cl. The summed E-state index contributed by atoms with van der Waals surface area (Å²) in [5.74, 6) is 2.30. The number of alkyl halides is 2. The smallest absolute Gasteiger partial charge is 0.228 e. The van der Waals surface area contributed by atoms with E-state index in [1.807, 2.05) is 24.3 Å². The number of amides is 1. The molecule has 0 bridgehead atoms. The van der Waals surface area contributed by atoms with E-state index in [0.29, 0.717) is 23.7 Å². The number of benzene rings is 1. The van der Waals surface area contributed by atoms with E-state index in [1.54, 1.807) is 0 Å². The van der Waals surface area contributed by atoms with Crippen molar-refractivity contribution in [3.8, 4) is 0 Å². The van der Waals surface area contributed by atoms with E-state index >= 15 is 0 Å². The Morgan fingerprint density at radius 2 is 1.77 bits per heavy atom. The Labute approximate surface area is 149 Å². The fourth-order valence-electron chi connectivity index (χ4n) is 4.40. The molecule has 1 aromatic rings. The molecule has 5 heteroatoms. The Morgan fingerprint density at radius 3 is 2.36 bits per heavy atom. The number of halogens is 3. The maximum absolute atomic E-state index is 12.5. The highest BCUT2D eigenvalue weighted by molar-refractivity contribution is 9.10. The summed E-state index contributed by atoms with van der Waals surface area (Å²) in [5, 5.41) is 3.06. The molecule has 22 heavy (non-hydrogen) atoms. The van der Waals surface area contributed by atoms with E-state index in [9.17, 15) is 4.79 Å². The molecule has 3 saturated carbocycles. The molecule has 1 aromatic carbocycles. The van der Waals surface area contributed by atoms with Crippen LogP contribution in [0.4, 0.5) is 5.69 Å². The first kappa shape index (κ1) is 15.3. The predicted molar refractivity (Wildman–Crippen MR) is 93.1 cm³/mol. The monoisotopic (exact) mass is 401 g/mol. The Bertz CT molecular complexity index is 598. The highest BCUT2D eigenvalue weighted by Gasteiger charge is 2.65. The topological polar surface area (TPSA) is 29.1 Å². The summed E-state index contributed by atoms with van der Waals surface area (Å²) in [5.41, 5.74) is 0.863. The lowest BCUT2D eigenvalue weighted by Crippen LogP contribution is -2.15. The maximum atomic E-state index is 12.5. The highest BCUT2D eigenvalue weighted by Crippen LogP contribution is 2.67. The van der Waals surface area contributed by atoms with Crippen LogP contribution in [0.5, 0.6) is 0 Å². The molecule has 4 rings (SSSR count). The highest BCUT2D eigenvalue weighted by atomic mass is 79.9. The molecule has 0 aliphatic heterocycles. The number of hydrogen-bond donors (Lipinski definition) is 1. The van der Waals surface area contributed by atoms with Crippen molar-refractivity contribution in [3.05, 3.63) is 28.7 Å². The van der Waals surface area contributed by atoms with Gasteiger partial charge in [0.2, 0.25) is 5.91 Å². The lowest BCUT2D eigenvalue weighted by Gasteiger charge is -2.05. The zero-order chi connectivity index (χ0) is 15.5. The zero-order valence-electron chi connectivity index (χ0n) is 12.1. The molecular formula is C17H18BrCl2NO. The Kier molecular flexibility index (Phi) is 3.75. The first-order valence-electron chi connectivity index (χ1n) is 7.92. The number of hydrogen-bond acceptors (Lipinski definition) is 1. The van der Waals surface area contributed by atoms with Crippen LogP contribution in [-0.4, -0.2) is 10.2 Å². The number of nitrogens with one attached hydrogen (secondary N) is 1. The number of carbonyl (C=O) groups excluding carboxylic acids is 1. The molecule has 3 aliphatic rings. The van der Waals surface area contributed by atoms with Gasteiger partial charge in [-0.25, -0.2) is 0 Å². The third-order valence-corrected chi connectivity index (χ3v) is 7.33. The molecule has 1 amide bonds. The van der Waals surface area contributed by atoms with Crippen LogP contribution in [0.2, 0.25) is 0 Å². The maximum Gasteiger partial charge on any atom is 0.228 e. The molecule has 3 aliphatic carbocycles. The average molecular weight is 403 g/mol. The van der Waals surface area contributed by atoms with E-state index < -0.39 is 4.33 Å².